The highest BCUT2D eigenvalue weighted by molar-refractivity contribution is 5.85. The number of piperidine rings is 1. The standard InChI is InChI=1S/C26H34N2O3.ClH/c29-25(28-31-26(30)15-14-23-16-18-27-19-17-23)20-24-12-10-22(11-13-24)9-5-4-8-21-6-2-1-3-7-21;/h1-3,6-7,10-13,23,27H,4-5,8-9,14-20H2,(H,28,29);1H. The lowest BCUT2D eigenvalue weighted by Gasteiger charge is -2.21. The molecule has 6 heteroatoms. The van der Waals surface area contributed by atoms with E-state index in [-0.39, 0.29) is 30.7 Å². The highest BCUT2D eigenvalue weighted by Crippen LogP contribution is 2.17. The van der Waals surface area contributed by atoms with E-state index >= 15 is 0 Å². The summed E-state index contributed by atoms with van der Waals surface area (Å²) in [6.45, 7) is 2.03. The maximum Gasteiger partial charge on any atom is 0.332 e. The van der Waals surface area contributed by atoms with Gasteiger partial charge in [0.1, 0.15) is 0 Å². The van der Waals surface area contributed by atoms with E-state index in [2.05, 4.69) is 47.2 Å². The number of halogens is 1. The molecule has 0 spiro atoms. The van der Waals surface area contributed by atoms with E-state index in [0.29, 0.717) is 12.3 Å². The van der Waals surface area contributed by atoms with Crippen LogP contribution in [0.1, 0.15) is 55.2 Å². The van der Waals surface area contributed by atoms with Crippen molar-refractivity contribution in [2.75, 3.05) is 13.1 Å². The van der Waals surface area contributed by atoms with Crippen LogP contribution >= 0.6 is 12.4 Å². The molecule has 174 valence electrons. The zero-order valence-corrected chi connectivity index (χ0v) is 19.5. The molecule has 2 N–H and O–H groups in total. The molecule has 0 aliphatic carbocycles. The van der Waals surface area contributed by atoms with E-state index in [1.165, 1.54) is 11.1 Å². The lowest BCUT2D eigenvalue weighted by Crippen LogP contribution is -2.30. The van der Waals surface area contributed by atoms with E-state index in [1.54, 1.807) is 0 Å². The Morgan fingerprint density at radius 1 is 0.875 bits per heavy atom. The Bertz CT molecular complexity index is 806. The molecule has 1 fully saturated rings. The molecule has 32 heavy (non-hydrogen) atoms. The Kier molecular flexibility index (Phi) is 11.8. The number of rotatable bonds is 10. The SMILES string of the molecule is Cl.O=C(Cc1ccc(CCCCc2ccccc2)cc1)NOC(=O)CCC1CCNCC1. The molecular formula is C26H35ClN2O3. The Morgan fingerprint density at radius 2 is 1.47 bits per heavy atom. The van der Waals surface area contributed by atoms with Gasteiger partial charge in [-0.3, -0.25) is 4.79 Å². The molecule has 1 amide bonds. The maximum atomic E-state index is 12.1. The molecule has 2 aromatic carbocycles. The van der Waals surface area contributed by atoms with Crippen LogP contribution < -0.4 is 10.8 Å². The zero-order chi connectivity index (χ0) is 21.7. The van der Waals surface area contributed by atoms with Crippen molar-refractivity contribution in [3.8, 4) is 0 Å². The predicted octanol–water partition coefficient (Wildman–Crippen LogP) is 4.57. The van der Waals surface area contributed by atoms with Gasteiger partial charge in [-0.25, -0.2) is 4.79 Å². The molecule has 1 saturated heterocycles. The van der Waals surface area contributed by atoms with Gasteiger partial charge in [0.2, 0.25) is 0 Å². The summed E-state index contributed by atoms with van der Waals surface area (Å²) in [4.78, 5) is 28.8. The average molecular weight is 459 g/mol. The van der Waals surface area contributed by atoms with Crippen LogP contribution in [-0.2, 0) is 33.7 Å². The topological polar surface area (TPSA) is 67.4 Å². The van der Waals surface area contributed by atoms with Crippen molar-refractivity contribution < 1.29 is 14.4 Å². The van der Waals surface area contributed by atoms with Crippen LogP contribution in [0.15, 0.2) is 54.6 Å². The van der Waals surface area contributed by atoms with Gasteiger partial charge >= 0.3 is 5.97 Å². The first-order chi connectivity index (χ1) is 15.2. The summed E-state index contributed by atoms with van der Waals surface area (Å²) < 4.78 is 0. The quantitative estimate of drug-likeness (QED) is 0.404. The molecule has 0 saturated carbocycles. The number of hydroxylamine groups is 1. The van der Waals surface area contributed by atoms with Gasteiger partial charge in [0.15, 0.2) is 0 Å². The molecule has 0 radical (unpaired) electrons. The Labute approximate surface area is 197 Å². The van der Waals surface area contributed by atoms with Gasteiger partial charge in [-0.1, -0.05) is 54.6 Å². The second-order valence-electron chi connectivity index (χ2n) is 8.42. The summed E-state index contributed by atoms with van der Waals surface area (Å²) in [6, 6.07) is 18.7. The van der Waals surface area contributed by atoms with Gasteiger partial charge in [0.05, 0.1) is 6.42 Å². The molecule has 1 heterocycles. The predicted molar refractivity (Wildman–Crippen MR) is 130 cm³/mol. The molecule has 1 aliphatic heterocycles. The van der Waals surface area contributed by atoms with Gasteiger partial charge in [0, 0.05) is 6.42 Å². The van der Waals surface area contributed by atoms with Crippen molar-refractivity contribution in [2.45, 2.75) is 57.8 Å². The molecule has 1 aliphatic rings. The zero-order valence-electron chi connectivity index (χ0n) is 18.7. The van der Waals surface area contributed by atoms with Crippen LogP contribution in [0.2, 0.25) is 0 Å². The molecule has 0 unspecified atom stereocenters. The normalized spacial score (nSPS) is 13.8. The third kappa shape index (κ3) is 9.84. The summed E-state index contributed by atoms with van der Waals surface area (Å²) >= 11 is 0. The lowest BCUT2D eigenvalue weighted by atomic mass is 9.93. The Balaban J connectivity index is 0.00000363. The van der Waals surface area contributed by atoms with E-state index in [0.717, 1.165) is 63.6 Å². The summed E-state index contributed by atoms with van der Waals surface area (Å²) in [5.41, 5.74) is 5.87. The minimum Gasteiger partial charge on any atom is -0.341 e. The van der Waals surface area contributed by atoms with E-state index in [1.807, 2.05) is 18.2 Å². The molecule has 0 aromatic heterocycles. The highest BCUT2D eigenvalue weighted by atomic mass is 35.5. The van der Waals surface area contributed by atoms with Crippen molar-refractivity contribution in [3.05, 3.63) is 71.3 Å². The van der Waals surface area contributed by atoms with Crippen molar-refractivity contribution in [1.82, 2.24) is 10.8 Å². The van der Waals surface area contributed by atoms with Gasteiger partial charge < -0.3 is 10.2 Å². The van der Waals surface area contributed by atoms with Crippen LogP contribution in [0.4, 0.5) is 0 Å². The second kappa shape index (κ2) is 14.6. The summed E-state index contributed by atoms with van der Waals surface area (Å²) in [5.74, 6) is -0.0927. The van der Waals surface area contributed by atoms with Gasteiger partial charge in [0.25, 0.3) is 5.91 Å². The number of benzene rings is 2. The van der Waals surface area contributed by atoms with Crippen LogP contribution in [0.5, 0.6) is 0 Å². The molecular weight excluding hydrogens is 424 g/mol. The monoisotopic (exact) mass is 458 g/mol. The second-order valence-corrected chi connectivity index (χ2v) is 8.42. The fourth-order valence-corrected chi connectivity index (χ4v) is 4.01. The first kappa shape index (κ1) is 25.9. The van der Waals surface area contributed by atoms with Gasteiger partial charge in [-0.15, -0.1) is 12.4 Å². The minimum atomic E-state index is -0.363. The number of hydrogen-bond donors (Lipinski definition) is 2. The maximum absolute atomic E-state index is 12.1. The van der Waals surface area contributed by atoms with Crippen molar-refractivity contribution >= 4 is 24.3 Å². The number of unbranched alkanes of at least 4 members (excludes halogenated alkanes) is 1. The van der Waals surface area contributed by atoms with Crippen LogP contribution in [0, 0.1) is 5.92 Å². The van der Waals surface area contributed by atoms with Gasteiger partial charge in [-0.05, 0) is 80.6 Å². The number of aryl methyl sites for hydroxylation is 2. The summed E-state index contributed by atoms with van der Waals surface area (Å²) in [7, 11) is 0. The lowest BCUT2D eigenvalue weighted by molar-refractivity contribution is -0.158. The van der Waals surface area contributed by atoms with Gasteiger partial charge in [-0.2, -0.15) is 5.48 Å². The molecule has 3 rings (SSSR count). The number of amides is 1. The highest BCUT2D eigenvalue weighted by Gasteiger charge is 2.15. The number of hydrogen-bond acceptors (Lipinski definition) is 4. The summed E-state index contributed by atoms with van der Waals surface area (Å²) in [6.07, 6.45) is 8.02. The Morgan fingerprint density at radius 3 is 2.12 bits per heavy atom. The van der Waals surface area contributed by atoms with Crippen LogP contribution in [-0.4, -0.2) is 25.0 Å². The number of carbonyl (C=O) groups is 2. The van der Waals surface area contributed by atoms with Crippen molar-refractivity contribution in [2.24, 2.45) is 5.92 Å². The fourth-order valence-electron chi connectivity index (χ4n) is 4.01. The van der Waals surface area contributed by atoms with Crippen LogP contribution in [0.25, 0.3) is 0 Å². The summed E-state index contributed by atoms with van der Waals surface area (Å²) in [5, 5.41) is 3.31. The number of nitrogens with one attached hydrogen (secondary N) is 2. The third-order valence-electron chi connectivity index (χ3n) is 5.91. The van der Waals surface area contributed by atoms with Crippen molar-refractivity contribution in [1.29, 1.82) is 0 Å². The van der Waals surface area contributed by atoms with E-state index in [4.69, 9.17) is 4.84 Å². The van der Waals surface area contributed by atoms with Crippen LogP contribution in [0.3, 0.4) is 0 Å². The third-order valence-corrected chi connectivity index (χ3v) is 5.91. The van der Waals surface area contributed by atoms with E-state index < -0.39 is 0 Å². The average Bonchev–Trinajstić information content (AvgIpc) is 2.81. The minimum absolute atomic E-state index is 0. The first-order valence-corrected chi connectivity index (χ1v) is 11.5. The molecule has 5 nitrogen and oxygen atoms in total. The number of carbonyl (C=O) groups excluding carboxylic acids is 2. The molecule has 2 aromatic rings. The molecule has 0 atom stereocenters. The smallest absolute Gasteiger partial charge is 0.332 e. The van der Waals surface area contributed by atoms with Crippen molar-refractivity contribution in [3.63, 3.8) is 0 Å². The molecule has 0 bridgehead atoms. The fraction of sp³-hybridized carbons (Fsp3) is 0.462. The van der Waals surface area contributed by atoms with E-state index in [9.17, 15) is 9.59 Å². The first-order valence-electron chi connectivity index (χ1n) is 11.5. The Hall–Kier alpha value is -2.37. The largest absolute Gasteiger partial charge is 0.341 e.